The topological polar surface area (TPSA) is 29.3 Å². The Bertz CT molecular complexity index is 397. The fraction of sp³-hybridized carbons (Fsp3) is 0.600. The summed E-state index contributed by atoms with van der Waals surface area (Å²) in [4.78, 5) is 2.49. The summed E-state index contributed by atoms with van der Waals surface area (Å²) in [5.41, 5.74) is 7.66. The van der Waals surface area contributed by atoms with Crippen LogP contribution in [0.5, 0.6) is 0 Å². The van der Waals surface area contributed by atoms with E-state index in [0.717, 1.165) is 22.9 Å². The van der Waals surface area contributed by atoms with E-state index in [1.165, 1.54) is 25.7 Å². The first-order valence-electron chi connectivity index (χ1n) is 6.89. The van der Waals surface area contributed by atoms with Crippen molar-refractivity contribution in [3.63, 3.8) is 0 Å². The van der Waals surface area contributed by atoms with Crippen LogP contribution in [-0.2, 0) is 0 Å². The van der Waals surface area contributed by atoms with Gasteiger partial charge in [0, 0.05) is 18.3 Å². The zero-order chi connectivity index (χ0) is 13.1. The Morgan fingerprint density at radius 3 is 2.56 bits per heavy atom. The number of rotatable bonds is 4. The largest absolute Gasteiger partial charge is 0.399 e. The second-order valence-corrected chi connectivity index (χ2v) is 6.10. The molecule has 1 fully saturated rings. The van der Waals surface area contributed by atoms with Crippen molar-refractivity contribution < 1.29 is 0 Å². The molecule has 0 aliphatic heterocycles. The summed E-state index contributed by atoms with van der Waals surface area (Å²) in [6.45, 7) is 5.58. The minimum Gasteiger partial charge on any atom is -0.399 e. The highest BCUT2D eigenvalue weighted by Crippen LogP contribution is 2.34. The molecule has 2 nitrogen and oxygen atoms in total. The van der Waals surface area contributed by atoms with Gasteiger partial charge in [0.2, 0.25) is 0 Å². The summed E-state index contributed by atoms with van der Waals surface area (Å²) in [7, 11) is 0. The Hall–Kier alpha value is -0.890. The Morgan fingerprint density at radius 1 is 1.33 bits per heavy atom. The summed E-state index contributed by atoms with van der Waals surface area (Å²) >= 11 is 6.36. The Kier molecular flexibility index (Phi) is 4.39. The van der Waals surface area contributed by atoms with Gasteiger partial charge in [-0.2, -0.15) is 0 Å². The molecule has 0 unspecified atom stereocenters. The lowest BCUT2D eigenvalue weighted by Crippen LogP contribution is -2.36. The molecule has 0 heterocycles. The second kappa shape index (κ2) is 5.83. The fourth-order valence-electron chi connectivity index (χ4n) is 2.81. The summed E-state index contributed by atoms with van der Waals surface area (Å²) in [6, 6.07) is 6.52. The SMILES string of the molecule is CC(C)CN(c1ccc(N)cc1Cl)C1CCCC1. The molecule has 3 heteroatoms. The highest BCUT2D eigenvalue weighted by atomic mass is 35.5. The van der Waals surface area contributed by atoms with Crippen LogP contribution in [0.1, 0.15) is 39.5 Å². The van der Waals surface area contributed by atoms with Gasteiger partial charge in [-0.3, -0.25) is 0 Å². The number of benzene rings is 1. The molecule has 0 spiro atoms. The standard InChI is InChI=1S/C15H23ClN2/c1-11(2)10-18(13-5-3-4-6-13)15-8-7-12(17)9-14(15)16/h7-9,11,13H,3-6,10,17H2,1-2H3. The number of hydrogen-bond donors (Lipinski definition) is 1. The van der Waals surface area contributed by atoms with Gasteiger partial charge in [-0.15, -0.1) is 0 Å². The predicted molar refractivity (Wildman–Crippen MR) is 80.3 cm³/mol. The molecule has 2 rings (SSSR count). The third-order valence-corrected chi connectivity index (χ3v) is 3.91. The van der Waals surface area contributed by atoms with Gasteiger partial charge in [0.15, 0.2) is 0 Å². The Balaban J connectivity index is 2.26. The Morgan fingerprint density at radius 2 is 2.00 bits per heavy atom. The predicted octanol–water partition coefficient (Wildman–Crippen LogP) is 4.33. The number of nitrogen functional groups attached to an aromatic ring is 1. The van der Waals surface area contributed by atoms with Crippen molar-refractivity contribution in [1.82, 2.24) is 0 Å². The van der Waals surface area contributed by atoms with Gasteiger partial charge in [-0.05, 0) is 37.0 Å². The van der Waals surface area contributed by atoms with E-state index in [0.29, 0.717) is 12.0 Å². The van der Waals surface area contributed by atoms with E-state index in [-0.39, 0.29) is 0 Å². The monoisotopic (exact) mass is 266 g/mol. The van der Waals surface area contributed by atoms with Crippen molar-refractivity contribution >= 4 is 23.0 Å². The van der Waals surface area contributed by atoms with Crippen molar-refractivity contribution in [2.45, 2.75) is 45.6 Å². The highest BCUT2D eigenvalue weighted by molar-refractivity contribution is 6.33. The zero-order valence-electron chi connectivity index (χ0n) is 11.3. The third-order valence-electron chi connectivity index (χ3n) is 3.61. The molecule has 0 saturated heterocycles. The van der Waals surface area contributed by atoms with Crippen molar-refractivity contribution in [2.75, 3.05) is 17.2 Å². The molecule has 0 atom stereocenters. The maximum Gasteiger partial charge on any atom is 0.0660 e. The summed E-state index contributed by atoms with van der Waals surface area (Å²) in [5.74, 6) is 0.638. The van der Waals surface area contributed by atoms with Crippen molar-refractivity contribution in [3.05, 3.63) is 23.2 Å². The summed E-state index contributed by atoms with van der Waals surface area (Å²) < 4.78 is 0. The number of nitrogens with two attached hydrogens (primary N) is 1. The lowest BCUT2D eigenvalue weighted by Gasteiger charge is -2.33. The maximum atomic E-state index is 6.36. The smallest absolute Gasteiger partial charge is 0.0660 e. The molecule has 1 aromatic carbocycles. The van der Waals surface area contributed by atoms with Crippen LogP contribution in [0.3, 0.4) is 0 Å². The van der Waals surface area contributed by atoms with Crippen LogP contribution in [0.2, 0.25) is 5.02 Å². The van der Waals surface area contributed by atoms with Gasteiger partial charge in [-0.1, -0.05) is 38.3 Å². The lowest BCUT2D eigenvalue weighted by molar-refractivity contribution is 0.536. The van der Waals surface area contributed by atoms with Gasteiger partial charge >= 0.3 is 0 Å². The first-order chi connectivity index (χ1) is 8.58. The van der Waals surface area contributed by atoms with E-state index in [4.69, 9.17) is 17.3 Å². The second-order valence-electron chi connectivity index (χ2n) is 5.70. The third kappa shape index (κ3) is 3.11. The van der Waals surface area contributed by atoms with Crippen molar-refractivity contribution in [1.29, 1.82) is 0 Å². The number of anilines is 2. The van der Waals surface area contributed by atoms with E-state index in [9.17, 15) is 0 Å². The van der Waals surface area contributed by atoms with E-state index >= 15 is 0 Å². The molecule has 0 bridgehead atoms. The van der Waals surface area contributed by atoms with Crippen LogP contribution in [-0.4, -0.2) is 12.6 Å². The molecule has 0 radical (unpaired) electrons. The van der Waals surface area contributed by atoms with E-state index in [1.54, 1.807) is 0 Å². The first kappa shape index (κ1) is 13.5. The average molecular weight is 267 g/mol. The highest BCUT2D eigenvalue weighted by Gasteiger charge is 2.24. The van der Waals surface area contributed by atoms with Crippen LogP contribution in [0.15, 0.2) is 18.2 Å². The molecule has 1 aliphatic rings. The molecular weight excluding hydrogens is 244 g/mol. The Labute approximate surface area is 115 Å². The molecule has 0 aromatic heterocycles. The normalized spacial score (nSPS) is 16.4. The molecule has 100 valence electrons. The van der Waals surface area contributed by atoms with Crippen LogP contribution in [0.25, 0.3) is 0 Å². The van der Waals surface area contributed by atoms with Crippen molar-refractivity contribution in [3.8, 4) is 0 Å². The minimum absolute atomic E-state index is 0.638. The summed E-state index contributed by atoms with van der Waals surface area (Å²) in [5, 5.41) is 0.780. The lowest BCUT2D eigenvalue weighted by atomic mass is 10.1. The molecule has 1 saturated carbocycles. The van der Waals surface area contributed by atoms with Crippen LogP contribution in [0, 0.1) is 5.92 Å². The van der Waals surface area contributed by atoms with Gasteiger partial charge in [0.05, 0.1) is 10.7 Å². The number of halogens is 1. The molecule has 2 N–H and O–H groups in total. The fourth-order valence-corrected chi connectivity index (χ4v) is 3.11. The van der Waals surface area contributed by atoms with Gasteiger partial charge < -0.3 is 10.6 Å². The van der Waals surface area contributed by atoms with Crippen LogP contribution in [0.4, 0.5) is 11.4 Å². The first-order valence-corrected chi connectivity index (χ1v) is 7.27. The molecule has 18 heavy (non-hydrogen) atoms. The number of hydrogen-bond acceptors (Lipinski definition) is 2. The molecular formula is C15H23ClN2. The van der Waals surface area contributed by atoms with Gasteiger partial charge in [0.25, 0.3) is 0 Å². The van der Waals surface area contributed by atoms with Crippen LogP contribution < -0.4 is 10.6 Å². The van der Waals surface area contributed by atoms with Gasteiger partial charge in [-0.25, -0.2) is 0 Å². The average Bonchev–Trinajstić information content (AvgIpc) is 2.79. The molecule has 1 aliphatic carbocycles. The quantitative estimate of drug-likeness (QED) is 0.822. The van der Waals surface area contributed by atoms with E-state index in [1.807, 2.05) is 12.1 Å². The minimum atomic E-state index is 0.638. The summed E-state index contributed by atoms with van der Waals surface area (Å²) in [6.07, 6.45) is 5.25. The van der Waals surface area contributed by atoms with E-state index < -0.39 is 0 Å². The molecule has 1 aromatic rings. The van der Waals surface area contributed by atoms with Crippen molar-refractivity contribution in [2.24, 2.45) is 5.92 Å². The molecule has 0 amide bonds. The zero-order valence-corrected chi connectivity index (χ0v) is 12.1. The van der Waals surface area contributed by atoms with Crippen LogP contribution >= 0.6 is 11.6 Å². The maximum absolute atomic E-state index is 6.36. The van der Waals surface area contributed by atoms with Gasteiger partial charge in [0.1, 0.15) is 0 Å². The number of nitrogens with zero attached hydrogens (tertiary/aromatic N) is 1. The van der Waals surface area contributed by atoms with E-state index in [2.05, 4.69) is 24.8 Å².